The zero-order chi connectivity index (χ0) is 24.9. The van der Waals surface area contributed by atoms with Gasteiger partial charge in [0.2, 0.25) is 0 Å². The lowest BCUT2D eigenvalue weighted by Gasteiger charge is -2.45. The number of fused-ring (bicyclic) bond motifs is 1. The molecule has 0 amide bonds. The Labute approximate surface area is 205 Å². The van der Waals surface area contributed by atoms with E-state index in [1.165, 1.54) is 0 Å². The van der Waals surface area contributed by atoms with Gasteiger partial charge < -0.3 is 14.0 Å². The van der Waals surface area contributed by atoms with Gasteiger partial charge in [-0.15, -0.1) is 11.3 Å². The van der Waals surface area contributed by atoms with Gasteiger partial charge in [0, 0.05) is 34.8 Å². The topological polar surface area (TPSA) is 84.6 Å². The first-order valence-corrected chi connectivity index (χ1v) is 12.6. The Hall–Kier alpha value is -2.85. The highest BCUT2D eigenvalue weighted by molar-refractivity contribution is 7.15. The predicted octanol–water partition coefficient (Wildman–Crippen LogP) is 4.59. The molecule has 0 saturated carbocycles. The highest BCUT2D eigenvalue weighted by Gasteiger charge is 2.45. The third kappa shape index (κ3) is 4.83. The highest BCUT2D eigenvalue weighted by Crippen LogP contribution is 2.50. The molecule has 3 rings (SSSR count). The molecule has 7 nitrogen and oxygen atoms in total. The van der Waals surface area contributed by atoms with Gasteiger partial charge in [0.1, 0.15) is 11.1 Å². The van der Waals surface area contributed by atoms with Gasteiger partial charge in [-0.3, -0.25) is 9.69 Å². The lowest BCUT2D eigenvalue weighted by molar-refractivity contribution is -0.143. The molecule has 2 heterocycles. The number of thiophene rings is 1. The standard InChI is InChI=1S/C26H33N3O4S/c1-6-32-20(17-30)15-26(28(5)14-12-23(31)33-7-2)13-8-9-22-24(26)21(16-27)25(34-22)29-18(3)10-11-19(29)4/h10-11H,6-9,12-15H2,1-5H3. The number of carbonyl (C=O) groups excluding carboxylic acids is 2. The van der Waals surface area contributed by atoms with Crippen LogP contribution in [0.3, 0.4) is 0 Å². The van der Waals surface area contributed by atoms with Crippen LogP contribution in [-0.4, -0.2) is 48.2 Å². The summed E-state index contributed by atoms with van der Waals surface area (Å²) in [5, 5.41) is 11.3. The summed E-state index contributed by atoms with van der Waals surface area (Å²) < 4.78 is 12.9. The maximum Gasteiger partial charge on any atom is 0.307 e. The maximum atomic E-state index is 12.1. The molecule has 34 heavy (non-hydrogen) atoms. The van der Waals surface area contributed by atoms with Gasteiger partial charge in [-0.05, 0) is 66.1 Å². The molecule has 0 aliphatic heterocycles. The third-order valence-electron chi connectivity index (χ3n) is 6.58. The highest BCUT2D eigenvalue weighted by atomic mass is 32.1. The minimum absolute atomic E-state index is 0.227. The molecule has 0 fully saturated rings. The number of hydrogen-bond acceptors (Lipinski definition) is 7. The molecule has 2 aromatic heterocycles. The molecule has 8 heteroatoms. The Bertz CT molecular complexity index is 1120. The molecular formula is C26H33N3O4S. The fraction of sp³-hybridized carbons (Fsp3) is 0.538. The van der Waals surface area contributed by atoms with Gasteiger partial charge in [0.15, 0.2) is 11.7 Å². The van der Waals surface area contributed by atoms with E-state index in [9.17, 15) is 14.9 Å². The van der Waals surface area contributed by atoms with E-state index in [1.54, 1.807) is 18.3 Å². The Morgan fingerprint density at radius 1 is 1.24 bits per heavy atom. The number of nitriles is 1. The number of nitrogens with zero attached hydrogens (tertiary/aromatic N) is 3. The van der Waals surface area contributed by atoms with E-state index in [4.69, 9.17) is 9.47 Å². The van der Waals surface area contributed by atoms with E-state index in [2.05, 4.69) is 27.7 Å². The van der Waals surface area contributed by atoms with Crippen molar-refractivity contribution in [2.24, 2.45) is 0 Å². The fourth-order valence-electron chi connectivity index (χ4n) is 5.01. The second kappa shape index (κ2) is 11.1. The van der Waals surface area contributed by atoms with Crippen LogP contribution in [-0.2, 0) is 31.0 Å². The van der Waals surface area contributed by atoms with Crippen molar-refractivity contribution in [1.29, 1.82) is 5.26 Å². The first kappa shape index (κ1) is 25.8. The first-order valence-electron chi connectivity index (χ1n) is 11.8. The van der Waals surface area contributed by atoms with Crippen molar-refractivity contribution < 1.29 is 19.1 Å². The fourth-order valence-corrected chi connectivity index (χ4v) is 6.51. The van der Waals surface area contributed by atoms with Crippen LogP contribution in [0.1, 0.15) is 66.9 Å². The summed E-state index contributed by atoms with van der Waals surface area (Å²) in [5.74, 6) is 1.95. The molecule has 0 saturated heterocycles. The molecule has 182 valence electrons. The Balaban J connectivity index is 2.17. The summed E-state index contributed by atoms with van der Waals surface area (Å²) in [6.07, 6.45) is 3.04. The lowest BCUT2D eigenvalue weighted by atomic mass is 9.74. The van der Waals surface area contributed by atoms with Crippen LogP contribution >= 0.6 is 11.3 Å². The van der Waals surface area contributed by atoms with Crippen LogP contribution in [0.4, 0.5) is 0 Å². The second-order valence-corrected chi connectivity index (χ2v) is 9.72. The largest absolute Gasteiger partial charge is 0.487 e. The van der Waals surface area contributed by atoms with E-state index >= 15 is 0 Å². The smallest absolute Gasteiger partial charge is 0.307 e. The van der Waals surface area contributed by atoms with Crippen LogP contribution in [0.5, 0.6) is 0 Å². The molecule has 0 N–H and O–H groups in total. The van der Waals surface area contributed by atoms with Gasteiger partial charge in [-0.2, -0.15) is 5.26 Å². The molecule has 2 aromatic rings. The van der Waals surface area contributed by atoms with Crippen LogP contribution in [0.15, 0.2) is 17.9 Å². The summed E-state index contributed by atoms with van der Waals surface area (Å²) in [6, 6.07) is 6.59. The zero-order valence-corrected chi connectivity index (χ0v) is 21.5. The van der Waals surface area contributed by atoms with Crippen molar-refractivity contribution >= 4 is 23.2 Å². The molecule has 1 unspecified atom stereocenters. The average molecular weight is 484 g/mol. The number of carbonyl (C=O) groups is 1. The Morgan fingerprint density at radius 2 is 1.91 bits per heavy atom. The average Bonchev–Trinajstić information content (AvgIpc) is 3.36. The molecular weight excluding hydrogens is 450 g/mol. The molecule has 1 aliphatic rings. The number of rotatable bonds is 10. The Morgan fingerprint density at radius 3 is 2.50 bits per heavy atom. The number of aromatic nitrogens is 1. The number of ether oxygens (including phenoxy) is 2. The van der Waals surface area contributed by atoms with Crippen LogP contribution < -0.4 is 0 Å². The number of esters is 1. The van der Waals surface area contributed by atoms with E-state index in [0.29, 0.717) is 31.7 Å². The van der Waals surface area contributed by atoms with Crippen molar-refractivity contribution in [2.45, 2.75) is 65.3 Å². The molecule has 0 bridgehead atoms. The second-order valence-electron chi connectivity index (χ2n) is 8.64. The zero-order valence-electron chi connectivity index (χ0n) is 20.7. The van der Waals surface area contributed by atoms with Crippen molar-refractivity contribution in [3.8, 4) is 11.1 Å². The summed E-state index contributed by atoms with van der Waals surface area (Å²) in [4.78, 5) is 27.2. The van der Waals surface area contributed by atoms with Gasteiger partial charge in [-0.1, -0.05) is 0 Å². The normalized spacial score (nSPS) is 17.1. The summed E-state index contributed by atoms with van der Waals surface area (Å²) in [6.45, 7) is 8.83. The molecule has 1 aliphatic carbocycles. The summed E-state index contributed by atoms with van der Waals surface area (Å²) in [5.41, 5.74) is 3.06. The molecule has 0 radical (unpaired) electrons. The predicted molar refractivity (Wildman–Crippen MR) is 132 cm³/mol. The first-order chi connectivity index (χ1) is 16.3. The van der Waals surface area contributed by atoms with Gasteiger partial charge in [-0.25, -0.2) is 4.79 Å². The van der Waals surface area contributed by atoms with Crippen LogP contribution in [0, 0.1) is 25.2 Å². The van der Waals surface area contributed by atoms with Crippen molar-refractivity contribution in [3.05, 3.63) is 45.3 Å². The monoisotopic (exact) mass is 483 g/mol. The molecule has 0 spiro atoms. The molecule has 0 aromatic carbocycles. The maximum absolute atomic E-state index is 12.1. The minimum Gasteiger partial charge on any atom is -0.487 e. The Kier molecular flexibility index (Phi) is 8.37. The third-order valence-corrected chi connectivity index (χ3v) is 7.82. The van der Waals surface area contributed by atoms with Gasteiger partial charge >= 0.3 is 5.97 Å². The van der Waals surface area contributed by atoms with E-state index in [0.717, 1.165) is 46.1 Å². The quantitative estimate of drug-likeness (QED) is 0.279. The van der Waals surface area contributed by atoms with Crippen LogP contribution in [0.2, 0.25) is 0 Å². The van der Waals surface area contributed by atoms with Crippen molar-refractivity contribution in [2.75, 3.05) is 26.8 Å². The van der Waals surface area contributed by atoms with E-state index < -0.39 is 5.54 Å². The van der Waals surface area contributed by atoms with Gasteiger partial charge in [0.05, 0.1) is 30.7 Å². The van der Waals surface area contributed by atoms with Gasteiger partial charge in [0.25, 0.3) is 0 Å². The van der Waals surface area contributed by atoms with E-state index in [-0.39, 0.29) is 18.1 Å². The summed E-state index contributed by atoms with van der Waals surface area (Å²) in [7, 11) is 1.95. The minimum atomic E-state index is -0.656. The van der Waals surface area contributed by atoms with E-state index in [1.807, 2.05) is 33.8 Å². The molecule has 1 atom stereocenters. The SMILES string of the molecule is CCOC(=O)CCN(C)C1(CC(=C=O)OCC)CCCc2sc(-n3c(C)ccc3C)c(C#N)c21. The number of aryl methyl sites for hydroxylation is 3. The van der Waals surface area contributed by atoms with Crippen molar-refractivity contribution in [1.82, 2.24) is 9.47 Å². The number of hydrogen-bond donors (Lipinski definition) is 0. The lowest BCUT2D eigenvalue weighted by Crippen LogP contribution is -2.47. The summed E-state index contributed by atoms with van der Waals surface area (Å²) >= 11 is 1.65. The van der Waals surface area contributed by atoms with Crippen molar-refractivity contribution in [3.63, 3.8) is 0 Å². The van der Waals surface area contributed by atoms with Crippen LogP contribution in [0.25, 0.3) is 5.00 Å².